The Labute approximate surface area is 102 Å². The van der Waals surface area contributed by atoms with Gasteiger partial charge in [-0.1, -0.05) is 46.4 Å². The highest BCUT2D eigenvalue weighted by molar-refractivity contribution is 6.48. The van der Waals surface area contributed by atoms with Gasteiger partial charge in [0.05, 0.1) is 21.4 Å². The molecule has 0 aliphatic heterocycles. The molecule has 1 aromatic rings. The summed E-state index contributed by atoms with van der Waals surface area (Å²) in [6.07, 6.45) is 0. The lowest BCUT2D eigenvalue weighted by molar-refractivity contribution is 1.33. The first-order valence-electron chi connectivity index (χ1n) is 3.68. The number of nitrogen functional groups attached to an aromatic ring is 2. The molecule has 0 radical (unpaired) electrons. The van der Waals surface area contributed by atoms with Crippen molar-refractivity contribution in [1.82, 2.24) is 0 Å². The van der Waals surface area contributed by atoms with Gasteiger partial charge in [-0.2, -0.15) is 0 Å². The maximum absolute atomic E-state index is 5.93. The van der Waals surface area contributed by atoms with E-state index >= 15 is 0 Å². The van der Waals surface area contributed by atoms with Gasteiger partial charge in [0, 0.05) is 5.56 Å². The van der Waals surface area contributed by atoms with E-state index in [1.54, 1.807) is 6.92 Å². The molecule has 14 heavy (non-hydrogen) atoms. The van der Waals surface area contributed by atoms with Gasteiger partial charge in [0.1, 0.15) is 4.84 Å². The van der Waals surface area contributed by atoms with Crippen LogP contribution in [-0.2, 0) is 0 Å². The SMILES string of the molecule is Cc1c(N)c(N)c(C(Cl)Cl)c(Cl)c1Cl. The van der Waals surface area contributed by atoms with Crippen molar-refractivity contribution < 1.29 is 0 Å². The van der Waals surface area contributed by atoms with Gasteiger partial charge in [-0.05, 0) is 12.5 Å². The van der Waals surface area contributed by atoms with Gasteiger partial charge in [0.25, 0.3) is 0 Å². The minimum Gasteiger partial charge on any atom is -0.397 e. The van der Waals surface area contributed by atoms with Gasteiger partial charge in [-0.15, -0.1) is 0 Å². The molecule has 1 rings (SSSR count). The molecule has 78 valence electrons. The van der Waals surface area contributed by atoms with Crippen LogP contribution in [0, 0.1) is 6.92 Å². The first-order valence-corrected chi connectivity index (χ1v) is 5.31. The van der Waals surface area contributed by atoms with Crippen molar-refractivity contribution in [1.29, 1.82) is 0 Å². The predicted octanol–water partition coefficient (Wildman–Crippen LogP) is 3.94. The minimum absolute atomic E-state index is 0.255. The zero-order valence-corrected chi connectivity index (χ0v) is 10.3. The monoisotopic (exact) mass is 272 g/mol. The van der Waals surface area contributed by atoms with E-state index in [0.29, 0.717) is 21.8 Å². The fourth-order valence-electron chi connectivity index (χ4n) is 1.08. The molecule has 0 saturated carbocycles. The van der Waals surface area contributed by atoms with Crippen LogP contribution in [0.2, 0.25) is 10.0 Å². The zero-order valence-electron chi connectivity index (χ0n) is 7.24. The highest BCUT2D eigenvalue weighted by Crippen LogP contribution is 2.44. The summed E-state index contributed by atoms with van der Waals surface area (Å²) in [5.41, 5.74) is 13.1. The maximum Gasteiger partial charge on any atom is 0.136 e. The molecule has 6 heteroatoms. The van der Waals surface area contributed by atoms with E-state index in [1.807, 2.05) is 0 Å². The molecule has 0 heterocycles. The number of hydrogen-bond donors (Lipinski definition) is 2. The Morgan fingerprint density at radius 2 is 1.50 bits per heavy atom. The Balaban J connectivity index is 3.60. The molecule has 0 atom stereocenters. The lowest BCUT2D eigenvalue weighted by atomic mass is 10.1. The number of rotatable bonds is 1. The Bertz CT molecular complexity index is 347. The van der Waals surface area contributed by atoms with Crippen molar-refractivity contribution in [2.75, 3.05) is 11.5 Å². The fraction of sp³-hybridized carbons (Fsp3) is 0.250. The van der Waals surface area contributed by atoms with Crippen molar-refractivity contribution in [2.24, 2.45) is 0 Å². The molecule has 0 aliphatic rings. The highest BCUT2D eigenvalue weighted by Gasteiger charge is 2.20. The third-order valence-corrected chi connectivity index (χ3v) is 3.36. The molecular formula is C8H8Cl4N2. The summed E-state index contributed by atoms with van der Waals surface area (Å²) in [4.78, 5) is -0.845. The first kappa shape index (κ1) is 12.1. The molecule has 4 N–H and O–H groups in total. The minimum atomic E-state index is -0.845. The predicted molar refractivity (Wildman–Crippen MR) is 64.5 cm³/mol. The molecule has 0 aromatic heterocycles. The summed E-state index contributed by atoms with van der Waals surface area (Å²) >= 11 is 23.2. The van der Waals surface area contributed by atoms with Crippen LogP contribution >= 0.6 is 46.4 Å². The number of alkyl halides is 2. The number of anilines is 2. The average molecular weight is 274 g/mol. The topological polar surface area (TPSA) is 52.0 Å². The van der Waals surface area contributed by atoms with Crippen molar-refractivity contribution in [3.63, 3.8) is 0 Å². The van der Waals surface area contributed by atoms with E-state index in [9.17, 15) is 0 Å². The van der Waals surface area contributed by atoms with E-state index in [0.717, 1.165) is 0 Å². The second-order valence-corrected chi connectivity index (χ2v) is 4.65. The fourth-order valence-corrected chi connectivity index (χ4v) is 2.20. The van der Waals surface area contributed by atoms with Gasteiger partial charge in [0.15, 0.2) is 0 Å². The number of nitrogens with two attached hydrogens (primary N) is 2. The summed E-state index contributed by atoms with van der Waals surface area (Å²) in [5.74, 6) is 0. The van der Waals surface area contributed by atoms with Crippen LogP contribution in [0.1, 0.15) is 16.0 Å². The van der Waals surface area contributed by atoms with E-state index in [1.165, 1.54) is 0 Å². The lowest BCUT2D eigenvalue weighted by Crippen LogP contribution is -2.04. The lowest BCUT2D eigenvalue weighted by Gasteiger charge is -2.15. The molecular weight excluding hydrogens is 266 g/mol. The third-order valence-electron chi connectivity index (χ3n) is 1.96. The Morgan fingerprint density at radius 1 is 1.00 bits per heavy atom. The van der Waals surface area contributed by atoms with E-state index in [-0.39, 0.29) is 10.7 Å². The molecule has 0 amide bonds. The molecule has 0 fully saturated rings. The van der Waals surface area contributed by atoms with Crippen LogP contribution in [0.25, 0.3) is 0 Å². The normalized spacial score (nSPS) is 11.0. The van der Waals surface area contributed by atoms with Gasteiger partial charge in [-0.3, -0.25) is 0 Å². The van der Waals surface area contributed by atoms with Gasteiger partial charge in [-0.25, -0.2) is 0 Å². The summed E-state index contributed by atoms with van der Waals surface area (Å²) in [7, 11) is 0. The average Bonchev–Trinajstić information content (AvgIpc) is 2.11. The second kappa shape index (κ2) is 4.23. The number of benzene rings is 1. The molecule has 0 bridgehead atoms. The molecule has 2 nitrogen and oxygen atoms in total. The van der Waals surface area contributed by atoms with Crippen molar-refractivity contribution in [3.8, 4) is 0 Å². The maximum atomic E-state index is 5.93. The summed E-state index contributed by atoms with van der Waals surface area (Å²) in [6.45, 7) is 1.72. The number of hydrogen-bond acceptors (Lipinski definition) is 2. The standard InChI is InChI=1S/C8H8Cl4N2/c1-2-4(9)5(10)3(8(11)12)7(14)6(2)13/h8H,13-14H2,1H3. The molecule has 1 aromatic carbocycles. The van der Waals surface area contributed by atoms with E-state index in [2.05, 4.69) is 0 Å². The smallest absolute Gasteiger partial charge is 0.136 e. The van der Waals surface area contributed by atoms with Crippen LogP contribution in [0.4, 0.5) is 11.4 Å². The van der Waals surface area contributed by atoms with Crippen LogP contribution in [0.5, 0.6) is 0 Å². The highest BCUT2D eigenvalue weighted by atomic mass is 35.5. The third kappa shape index (κ3) is 1.84. The Hall–Kier alpha value is -0.0200. The zero-order chi connectivity index (χ0) is 11.0. The van der Waals surface area contributed by atoms with Gasteiger partial charge in [0.2, 0.25) is 0 Å². The van der Waals surface area contributed by atoms with Crippen LogP contribution in [-0.4, -0.2) is 0 Å². The molecule has 0 saturated heterocycles. The van der Waals surface area contributed by atoms with Crippen LogP contribution < -0.4 is 11.5 Å². The second-order valence-electron chi connectivity index (χ2n) is 2.79. The summed E-state index contributed by atoms with van der Waals surface area (Å²) < 4.78 is 0. The summed E-state index contributed by atoms with van der Waals surface area (Å²) in [6, 6.07) is 0. The molecule has 0 unspecified atom stereocenters. The Kier molecular flexibility index (Phi) is 3.64. The molecule has 0 spiro atoms. The Morgan fingerprint density at radius 3 is 1.93 bits per heavy atom. The summed E-state index contributed by atoms with van der Waals surface area (Å²) in [5, 5.41) is 0.588. The van der Waals surface area contributed by atoms with Crippen LogP contribution in [0.15, 0.2) is 0 Å². The van der Waals surface area contributed by atoms with Crippen LogP contribution in [0.3, 0.4) is 0 Å². The van der Waals surface area contributed by atoms with Crippen molar-refractivity contribution in [3.05, 3.63) is 21.2 Å². The quantitative estimate of drug-likeness (QED) is 0.601. The van der Waals surface area contributed by atoms with Gasteiger partial charge < -0.3 is 11.5 Å². The molecule has 0 aliphatic carbocycles. The van der Waals surface area contributed by atoms with Crippen molar-refractivity contribution >= 4 is 57.8 Å². The van der Waals surface area contributed by atoms with E-state index in [4.69, 9.17) is 57.9 Å². The first-order chi connectivity index (χ1) is 6.37. The van der Waals surface area contributed by atoms with Gasteiger partial charge >= 0.3 is 0 Å². The van der Waals surface area contributed by atoms with E-state index < -0.39 is 4.84 Å². The number of halogens is 4. The van der Waals surface area contributed by atoms with Crippen molar-refractivity contribution in [2.45, 2.75) is 11.8 Å². The largest absolute Gasteiger partial charge is 0.397 e.